The van der Waals surface area contributed by atoms with Gasteiger partial charge in [-0.3, -0.25) is 4.99 Å². The molecule has 0 atom stereocenters. The van der Waals surface area contributed by atoms with E-state index in [-0.39, 0.29) is 0 Å². The molecular weight excluding hydrogens is 214 g/mol. The van der Waals surface area contributed by atoms with Crippen molar-refractivity contribution in [2.45, 2.75) is 45.2 Å². The van der Waals surface area contributed by atoms with Gasteiger partial charge in [-0.15, -0.1) is 0 Å². The first kappa shape index (κ1) is 12.0. The minimum absolute atomic E-state index is 0.536. The van der Waals surface area contributed by atoms with Crippen LogP contribution in [0.3, 0.4) is 0 Å². The van der Waals surface area contributed by atoms with Gasteiger partial charge in [-0.25, -0.2) is 4.98 Å². The van der Waals surface area contributed by atoms with E-state index in [2.05, 4.69) is 19.9 Å². The van der Waals surface area contributed by atoms with E-state index >= 15 is 0 Å². The minimum atomic E-state index is 0.536. The molecular formula is C12H21N5. The van der Waals surface area contributed by atoms with Gasteiger partial charge < -0.3 is 15.6 Å². The summed E-state index contributed by atoms with van der Waals surface area (Å²) in [6.07, 6.45) is 8.82. The molecule has 5 nitrogen and oxygen atoms in total. The Bertz CT molecular complexity index is 376. The van der Waals surface area contributed by atoms with Gasteiger partial charge in [-0.1, -0.05) is 12.8 Å². The number of imidazole rings is 1. The highest BCUT2D eigenvalue weighted by molar-refractivity contribution is 5.78. The Morgan fingerprint density at radius 2 is 2.35 bits per heavy atom. The van der Waals surface area contributed by atoms with E-state index in [0.717, 1.165) is 12.4 Å². The Kier molecular flexibility index (Phi) is 4.01. The van der Waals surface area contributed by atoms with E-state index in [1.807, 2.05) is 13.1 Å². The molecule has 0 unspecified atom stereocenters. The summed E-state index contributed by atoms with van der Waals surface area (Å²) in [7, 11) is 0. The number of guanidine groups is 1. The first-order chi connectivity index (χ1) is 8.25. The van der Waals surface area contributed by atoms with Crippen LogP contribution in [0, 0.1) is 6.92 Å². The van der Waals surface area contributed by atoms with Gasteiger partial charge in [0.15, 0.2) is 5.96 Å². The van der Waals surface area contributed by atoms with E-state index in [9.17, 15) is 0 Å². The second kappa shape index (κ2) is 5.70. The monoisotopic (exact) mass is 235 g/mol. The average molecular weight is 235 g/mol. The van der Waals surface area contributed by atoms with E-state index in [4.69, 9.17) is 5.73 Å². The molecule has 3 N–H and O–H groups in total. The number of aliphatic imine (C=N–C) groups is 1. The van der Waals surface area contributed by atoms with E-state index in [0.29, 0.717) is 18.5 Å². The Morgan fingerprint density at radius 3 is 3.00 bits per heavy atom. The third-order valence-corrected chi connectivity index (χ3v) is 3.25. The van der Waals surface area contributed by atoms with Crippen LogP contribution in [0.5, 0.6) is 0 Å². The lowest BCUT2D eigenvalue weighted by atomic mass is 10.2. The molecule has 0 aliphatic heterocycles. The lowest BCUT2D eigenvalue weighted by molar-refractivity contribution is 0.621. The van der Waals surface area contributed by atoms with Gasteiger partial charge in [-0.05, 0) is 19.8 Å². The van der Waals surface area contributed by atoms with Gasteiger partial charge in [0.25, 0.3) is 0 Å². The zero-order valence-electron chi connectivity index (χ0n) is 10.4. The molecule has 17 heavy (non-hydrogen) atoms. The number of aryl methyl sites for hydroxylation is 1. The Morgan fingerprint density at radius 1 is 1.59 bits per heavy atom. The molecule has 94 valence electrons. The van der Waals surface area contributed by atoms with Crippen LogP contribution in [0.1, 0.15) is 31.5 Å². The topological polar surface area (TPSA) is 68.2 Å². The summed E-state index contributed by atoms with van der Waals surface area (Å²) in [4.78, 5) is 8.50. The van der Waals surface area contributed by atoms with Crippen molar-refractivity contribution in [3.63, 3.8) is 0 Å². The fourth-order valence-corrected chi connectivity index (χ4v) is 2.24. The number of aromatic nitrogens is 2. The Balaban J connectivity index is 1.74. The van der Waals surface area contributed by atoms with Crippen molar-refractivity contribution >= 4 is 5.96 Å². The third-order valence-electron chi connectivity index (χ3n) is 3.25. The molecule has 0 amide bonds. The van der Waals surface area contributed by atoms with Crippen molar-refractivity contribution in [2.75, 3.05) is 6.54 Å². The Labute approximate surface area is 102 Å². The molecule has 1 aliphatic carbocycles. The standard InChI is InChI=1S/C12H21N5/c1-10-14-6-8-17(10)9-7-15-12(13)16-11-4-2-3-5-11/h6,8,11H,2-5,7,9H2,1H3,(H3,13,15,16). The lowest BCUT2D eigenvalue weighted by Crippen LogP contribution is -2.38. The number of rotatable bonds is 4. The van der Waals surface area contributed by atoms with Gasteiger partial charge in [0, 0.05) is 25.0 Å². The van der Waals surface area contributed by atoms with Gasteiger partial charge in [0.2, 0.25) is 0 Å². The molecule has 0 bridgehead atoms. The first-order valence-corrected chi connectivity index (χ1v) is 6.30. The largest absolute Gasteiger partial charge is 0.370 e. The SMILES string of the molecule is Cc1nccn1CCN=C(N)NC1CCCC1. The molecule has 1 aromatic heterocycles. The van der Waals surface area contributed by atoms with Crippen molar-refractivity contribution < 1.29 is 0 Å². The summed E-state index contributed by atoms with van der Waals surface area (Å²) in [6, 6.07) is 0.536. The summed E-state index contributed by atoms with van der Waals surface area (Å²) in [5.74, 6) is 1.59. The van der Waals surface area contributed by atoms with Crippen molar-refractivity contribution in [1.82, 2.24) is 14.9 Å². The maximum atomic E-state index is 5.85. The molecule has 0 saturated heterocycles. The molecule has 1 saturated carbocycles. The molecule has 0 radical (unpaired) electrons. The van der Waals surface area contributed by atoms with Gasteiger partial charge in [-0.2, -0.15) is 0 Å². The molecule has 1 fully saturated rings. The van der Waals surface area contributed by atoms with Crippen LogP contribution in [0.4, 0.5) is 0 Å². The summed E-state index contributed by atoms with van der Waals surface area (Å²) >= 11 is 0. The van der Waals surface area contributed by atoms with Crippen molar-refractivity contribution in [3.05, 3.63) is 18.2 Å². The van der Waals surface area contributed by atoms with Gasteiger partial charge >= 0.3 is 0 Å². The normalized spacial score (nSPS) is 17.6. The van der Waals surface area contributed by atoms with E-state index in [1.165, 1.54) is 25.7 Å². The van der Waals surface area contributed by atoms with Crippen molar-refractivity contribution in [2.24, 2.45) is 10.7 Å². The van der Waals surface area contributed by atoms with Gasteiger partial charge in [0.1, 0.15) is 5.82 Å². The van der Waals surface area contributed by atoms with Crippen LogP contribution in [-0.2, 0) is 6.54 Å². The summed E-state index contributed by atoms with van der Waals surface area (Å²) in [5.41, 5.74) is 5.85. The molecule has 1 heterocycles. The maximum absolute atomic E-state index is 5.85. The first-order valence-electron chi connectivity index (χ1n) is 6.30. The number of nitrogens with two attached hydrogens (primary N) is 1. The maximum Gasteiger partial charge on any atom is 0.188 e. The predicted octanol–water partition coefficient (Wildman–Crippen LogP) is 1.04. The van der Waals surface area contributed by atoms with E-state index in [1.54, 1.807) is 6.20 Å². The van der Waals surface area contributed by atoms with Gasteiger partial charge in [0.05, 0.1) is 6.54 Å². The molecule has 1 aromatic rings. The smallest absolute Gasteiger partial charge is 0.188 e. The molecule has 0 spiro atoms. The average Bonchev–Trinajstić information content (AvgIpc) is 2.91. The third kappa shape index (κ3) is 3.47. The lowest BCUT2D eigenvalue weighted by Gasteiger charge is -2.12. The Hall–Kier alpha value is -1.52. The number of nitrogens with zero attached hydrogens (tertiary/aromatic N) is 3. The van der Waals surface area contributed by atoms with Crippen LogP contribution in [0.15, 0.2) is 17.4 Å². The summed E-state index contributed by atoms with van der Waals surface area (Å²) in [5, 5.41) is 3.28. The number of nitrogens with one attached hydrogen (secondary N) is 1. The zero-order chi connectivity index (χ0) is 12.1. The summed E-state index contributed by atoms with van der Waals surface area (Å²) in [6.45, 7) is 3.52. The molecule has 0 aromatic carbocycles. The van der Waals surface area contributed by atoms with Crippen molar-refractivity contribution in [1.29, 1.82) is 0 Å². The van der Waals surface area contributed by atoms with Crippen LogP contribution >= 0.6 is 0 Å². The van der Waals surface area contributed by atoms with Crippen LogP contribution in [-0.4, -0.2) is 28.1 Å². The van der Waals surface area contributed by atoms with Crippen LogP contribution in [0.25, 0.3) is 0 Å². The fourth-order valence-electron chi connectivity index (χ4n) is 2.24. The number of hydrogen-bond acceptors (Lipinski definition) is 2. The van der Waals surface area contributed by atoms with E-state index < -0.39 is 0 Å². The fraction of sp³-hybridized carbons (Fsp3) is 0.667. The highest BCUT2D eigenvalue weighted by Crippen LogP contribution is 2.17. The molecule has 5 heteroatoms. The highest BCUT2D eigenvalue weighted by atomic mass is 15.1. The minimum Gasteiger partial charge on any atom is -0.370 e. The predicted molar refractivity (Wildman–Crippen MR) is 68.8 cm³/mol. The highest BCUT2D eigenvalue weighted by Gasteiger charge is 2.14. The second-order valence-electron chi connectivity index (χ2n) is 4.56. The quantitative estimate of drug-likeness (QED) is 0.605. The molecule has 1 aliphatic rings. The zero-order valence-corrected chi connectivity index (χ0v) is 10.4. The van der Waals surface area contributed by atoms with Crippen LogP contribution in [0.2, 0.25) is 0 Å². The van der Waals surface area contributed by atoms with Crippen LogP contribution < -0.4 is 11.1 Å². The molecule has 2 rings (SSSR count). The second-order valence-corrected chi connectivity index (χ2v) is 4.56. The van der Waals surface area contributed by atoms with Crippen molar-refractivity contribution in [3.8, 4) is 0 Å². The number of hydrogen-bond donors (Lipinski definition) is 2. The summed E-state index contributed by atoms with van der Waals surface area (Å²) < 4.78 is 2.08.